The second-order valence-electron chi connectivity index (χ2n) is 4.91. The van der Waals surface area contributed by atoms with Crippen LogP contribution in [-0.4, -0.2) is 29.2 Å². The van der Waals surface area contributed by atoms with Gasteiger partial charge in [-0.15, -0.1) is 0 Å². The van der Waals surface area contributed by atoms with Gasteiger partial charge in [-0.05, 0) is 31.6 Å². The van der Waals surface area contributed by atoms with Crippen LogP contribution in [0.3, 0.4) is 0 Å². The van der Waals surface area contributed by atoms with Gasteiger partial charge in [-0.2, -0.15) is 0 Å². The van der Waals surface area contributed by atoms with Gasteiger partial charge in [0.2, 0.25) is 0 Å². The van der Waals surface area contributed by atoms with Gasteiger partial charge in [-0.3, -0.25) is 0 Å². The zero-order chi connectivity index (χ0) is 12.8. The number of amides is 2. The van der Waals surface area contributed by atoms with Gasteiger partial charge in [0.15, 0.2) is 0 Å². The summed E-state index contributed by atoms with van der Waals surface area (Å²) in [6.07, 6.45) is 4.29. The maximum Gasteiger partial charge on any atom is 0.326 e. The standard InChI is InChI=1S/C12H22N2O3/c1-3-4-10(11(15)16)14-12(17)13-9-6-5-8(2)7-9/h8-10H,3-7H2,1-2H3,(H,15,16)(H2,13,14,17)/t8?,9?,10-/m1/s1. The molecule has 5 heteroatoms. The average molecular weight is 242 g/mol. The van der Waals surface area contributed by atoms with E-state index in [1.807, 2.05) is 6.92 Å². The van der Waals surface area contributed by atoms with Crippen molar-refractivity contribution in [1.82, 2.24) is 10.6 Å². The van der Waals surface area contributed by atoms with E-state index in [4.69, 9.17) is 5.11 Å². The summed E-state index contributed by atoms with van der Waals surface area (Å²) in [5.41, 5.74) is 0. The number of carboxylic acid groups (broad SMARTS) is 1. The summed E-state index contributed by atoms with van der Waals surface area (Å²) in [6, 6.07) is -0.940. The number of carboxylic acids is 1. The summed E-state index contributed by atoms with van der Waals surface area (Å²) in [5.74, 6) is -0.326. The van der Waals surface area contributed by atoms with Crippen LogP contribution in [0.4, 0.5) is 4.79 Å². The van der Waals surface area contributed by atoms with E-state index in [-0.39, 0.29) is 12.1 Å². The van der Waals surface area contributed by atoms with Gasteiger partial charge in [-0.1, -0.05) is 20.3 Å². The second kappa shape index (κ2) is 6.47. The Balaban J connectivity index is 2.34. The topological polar surface area (TPSA) is 78.4 Å². The third kappa shape index (κ3) is 4.63. The van der Waals surface area contributed by atoms with Gasteiger partial charge < -0.3 is 15.7 Å². The molecule has 1 saturated carbocycles. The van der Waals surface area contributed by atoms with Gasteiger partial charge in [0, 0.05) is 6.04 Å². The molecule has 5 nitrogen and oxygen atoms in total. The number of hydrogen-bond acceptors (Lipinski definition) is 2. The van der Waals surface area contributed by atoms with Crippen molar-refractivity contribution in [2.45, 2.75) is 58.0 Å². The number of carbonyl (C=O) groups excluding carboxylic acids is 1. The Morgan fingerprint density at radius 2 is 2.12 bits per heavy atom. The van der Waals surface area contributed by atoms with E-state index in [9.17, 15) is 9.59 Å². The predicted octanol–water partition coefficient (Wildman–Crippen LogP) is 1.73. The maximum atomic E-state index is 11.6. The van der Waals surface area contributed by atoms with Crippen LogP contribution < -0.4 is 10.6 Å². The molecule has 1 aliphatic rings. The summed E-state index contributed by atoms with van der Waals surface area (Å²) in [6.45, 7) is 4.06. The second-order valence-corrected chi connectivity index (χ2v) is 4.91. The van der Waals surface area contributed by atoms with E-state index in [2.05, 4.69) is 17.6 Å². The Labute approximate surface area is 102 Å². The minimum absolute atomic E-state index is 0.195. The number of carbonyl (C=O) groups is 2. The van der Waals surface area contributed by atoms with Crippen LogP contribution in [-0.2, 0) is 4.79 Å². The Bertz CT molecular complexity index is 281. The number of nitrogens with one attached hydrogen (secondary N) is 2. The third-order valence-electron chi connectivity index (χ3n) is 3.21. The lowest BCUT2D eigenvalue weighted by molar-refractivity contribution is -0.139. The highest BCUT2D eigenvalue weighted by Crippen LogP contribution is 2.24. The highest BCUT2D eigenvalue weighted by Gasteiger charge is 2.24. The smallest absolute Gasteiger partial charge is 0.326 e. The van der Waals surface area contributed by atoms with E-state index >= 15 is 0 Å². The van der Waals surface area contributed by atoms with Gasteiger partial charge in [-0.25, -0.2) is 9.59 Å². The van der Waals surface area contributed by atoms with Crippen LogP contribution in [0.1, 0.15) is 46.0 Å². The van der Waals surface area contributed by atoms with Crippen molar-refractivity contribution in [2.24, 2.45) is 5.92 Å². The van der Waals surface area contributed by atoms with Crippen LogP contribution in [0.15, 0.2) is 0 Å². The normalized spacial score (nSPS) is 25.3. The SMILES string of the molecule is CCC[C@@H](NC(=O)NC1CCC(C)C1)C(=O)O. The third-order valence-corrected chi connectivity index (χ3v) is 3.21. The summed E-state index contributed by atoms with van der Waals surface area (Å²) >= 11 is 0. The molecule has 2 amide bonds. The van der Waals surface area contributed by atoms with Crippen molar-refractivity contribution in [3.8, 4) is 0 Å². The van der Waals surface area contributed by atoms with Crippen LogP contribution in [0.2, 0.25) is 0 Å². The lowest BCUT2D eigenvalue weighted by Crippen LogP contribution is -2.48. The summed E-state index contributed by atoms with van der Waals surface area (Å²) in [7, 11) is 0. The minimum Gasteiger partial charge on any atom is -0.480 e. The van der Waals surface area contributed by atoms with Crippen LogP contribution in [0.5, 0.6) is 0 Å². The van der Waals surface area contributed by atoms with E-state index < -0.39 is 12.0 Å². The molecule has 1 aliphatic carbocycles. The zero-order valence-electron chi connectivity index (χ0n) is 10.5. The lowest BCUT2D eigenvalue weighted by Gasteiger charge is -2.17. The van der Waals surface area contributed by atoms with Crippen molar-refractivity contribution in [1.29, 1.82) is 0 Å². The van der Waals surface area contributed by atoms with E-state index in [1.54, 1.807) is 0 Å². The number of urea groups is 1. The molecule has 3 atom stereocenters. The van der Waals surface area contributed by atoms with E-state index in [0.717, 1.165) is 25.7 Å². The molecular formula is C12H22N2O3. The molecule has 0 heterocycles. The van der Waals surface area contributed by atoms with Crippen molar-refractivity contribution in [3.63, 3.8) is 0 Å². The molecule has 1 fully saturated rings. The fraction of sp³-hybridized carbons (Fsp3) is 0.833. The van der Waals surface area contributed by atoms with Crippen LogP contribution >= 0.6 is 0 Å². The lowest BCUT2D eigenvalue weighted by atomic mass is 10.1. The summed E-state index contributed by atoms with van der Waals surface area (Å²) < 4.78 is 0. The molecule has 2 unspecified atom stereocenters. The Morgan fingerprint density at radius 3 is 2.59 bits per heavy atom. The maximum absolute atomic E-state index is 11.6. The van der Waals surface area contributed by atoms with Gasteiger partial charge in [0.05, 0.1) is 0 Å². The van der Waals surface area contributed by atoms with Crippen molar-refractivity contribution in [2.75, 3.05) is 0 Å². The van der Waals surface area contributed by atoms with Crippen molar-refractivity contribution in [3.05, 3.63) is 0 Å². The van der Waals surface area contributed by atoms with Gasteiger partial charge >= 0.3 is 12.0 Å². The molecule has 98 valence electrons. The molecule has 17 heavy (non-hydrogen) atoms. The van der Waals surface area contributed by atoms with Gasteiger partial charge in [0.25, 0.3) is 0 Å². The highest BCUT2D eigenvalue weighted by atomic mass is 16.4. The predicted molar refractivity (Wildman–Crippen MR) is 64.8 cm³/mol. The number of hydrogen-bond donors (Lipinski definition) is 3. The van der Waals surface area contributed by atoms with Crippen molar-refractivity contribution >= 4 is 12.0 Å². The average Bonchev–Trinajstić information content (AvgIpc) is 2.63. The first-order valence-corrected chi connectivity index (χ1v) is 6.32. The Hall–Kier alpha value is -1.26. The number of aliphatic carboxylic acids is 1. The molecule has 0 aromatic heterocycles. The molecular weight excluding hydrogens is 220 g/mol. The van der Waals surface area contributed by atoms with Gasteiger partial charge in [0.1, 0.15) is 6.04 Å². The Morgan fingerprint density at radius 1 is 1.41 bits per heavy atom. The molecule has 0 radical (unpaired) electrons. The molecule has 0 spiro atoms. The fourth-order valence-corrected chi connectivity index (χ4v) is 2.27. The Kier molecular flexibility index (Phi) is 5.25. The molecule has 0 aromatic rings. The zero-order valence-corrected chi connectivity index (χ0v) is 10.5. The first-order valence-electron chi connectivity index (χ1n) is 6.32. The minimum atomic E-state index is -0.971. The molecule has 1 rings (SSSR count). The molecule has 0 aromatic carbocycles. The fourth-order valence-electron chi connectivity index (χ4n) is 2.27. The highest BCUT2D eigenvalue weighted by molar-refractivity contribution is 5.82. The monoisotopic (exact) mass is 242 g/mol. The van der Waals surface area contributed by atoms with E-state index in [0.29, 0.717) is 12.3 Å². The summed E-state index contributed by atoms with van der Waals surface area (Å²) in [5, 5.41) is 14.3. The van der Waals surface area contributed by atoms with Crippen molar-refractivity contribution < 1.29 is 14.7 Å². The molecule has 0 bridgehead atoms. The largest absolute Gasteiger partial charge is 0.480 e. The summed E-state index contributed by atoms with van der Waals surface area (Å²) in [4.78, 5) is 22.5. The van der Waals surface area contributed by atoms with Crippen LogP contribution in [0, 0.1) is 5.92 Å². The van der Waals surface area contributed by atoms with E-state index in [1.165, 1.54) is 0 Å². The first-order chi connectivity index (χ1) is 8.02. The first kappa shape index (κ1) is 13.8. The number of rotatable bonds is 5. The van der Waals surface area contributed by atoms with Crippen LogP contribution in [0.25, 0.3) is 0 Å². The molecule has 0 aliphatic heterocycles. The molecule has 0 saturated heterocycles. The quantitative estimate of drug-likeness (QED) is 0.687. The molecule has 3 N–H and O–H groups in total.